The van der Waals surface area contributed by atoms with Gasteiger partial charge in [0.25, 0.3) is 0 Å². The molecule has 1 aromatic carbocycles. The zero-order valence-electron chi connectivity index (χ0n) is 21.2. The first-order valence-corrected chi connectivity index (χ1v) is 13.4. The van der Waals surface area contributed by atoms with E-state index in [9.17, 15) is 14.7 Å². The number of aliphatic hydroxyl groups is 1. The number of rotatable bonds is 13. The van der Waals surface area contributed by atoms with Crippen LogP contribution in [0.4, 0.5) is 0 Å². The summed E-state index contributed by atoms with van der Waals surface area (Å²) in [6.45, 7) is 4.28. The molecule has 0 radical (unpaired) electrons. The van der Waals surface area contributed by atoms with Crippen LogP contribution < -0.4 is 0 Å². The molecular formula is C28H44NO5+. The van der Waals surface area contributed by atoms with Crippen molar-refractivity contribution < 1.29 is 28.7 Å². The Kier molecular flexibility index (Phi) is 9.96. The number of carbonyl (C=O) groups excluding carboxylic acids is 2. The Hall–Kier alpha value is -1.92. The highest BCUT2D eigenvalue weighted by molar-refractivity contribution is 5.81. The summed E-state index contributed by atoms with van der Waals surface area (Å²) >= 11 is 0. The second kappa shape index (κ2) is 12.7. The van der Waals surface area contributed by atoms with E-state index in [1.54, 1.807) is 0 Å². The number of unbranched alkanes of at least 4 members (excludes halogenated alkanes) is 5. The number of hydrogen-bond acceptors (Lipinski definition) is 5. The normalized spacial score (nSPS) is 24.6. The third-order valence-corrected chi connectivity index (χ3v) is 7.65. The van der Waals surface area contributed by atoms with Gasteiger partial charge in [-0.2, -0.15) is 0 Å². The number of esters is 2. The lowest BCUT2D eigenvalue weighted by atomic mass is 9.80. The molecule has 1 aliphatic carbocycles. The molecule has 3 unspecified atom stereocenters. The Morgan fingerprint density at radius 2 is 1.71 bits per heavy atom. The second-order valence-electron chi connectivity index (χ2n) is 10.6. The van der Waals surface area contributed by atoms with Crippen molar-refractivity contribution in [3.8, 4) is 0 Å². The number of benzene rings is 1. The van der Waals surface area contributed by atoms with Gasteiger partial charge < -0.3 is 19.1 Å². The minimum Gasteiger partial charge on any atom is -0.462 e. The molecule has 2 fully saturated rings. The third kappa shape index (κ3) is 7.05. The van der Waals surface area contributed by atoms with E-state index in [1.165, 1.54) is 25.7 Å². The summed E-state index contributed by atoms with van der Waals surface area (Å²) < 4.78 is 11.9. The number of carbonyl (C=O) groups is 2. The van der Waals surface area contributed by atoms with Gasteiger partial charge in [-0.1, -0.05) is 82.2 Å². The van der Waals surface area contributed by atoms with Crippen molar-refractivity contribution >= 4 is 11.9 Å². The number of likely N-dealkylation sites (N-methyl/N-ethyl adjacent to an activating group) is 1. The fourth-order valence-corrected chi connectivity index (χ4v) is 5.59. The van der Waals surface area contributed by atoms with Gasteiger partial charge in [-0.05, 0) is 24.8 Å². The predicted octanol–water partition coefficient (Wildman–Crippen LogP) is 4.73. The molecule has 34 heavy (non-hydrogen) atoms. The molecule has 3 atom stereocenters. The lowest BCUT2D eigenvalue weighted by molar-refractivity contribution is -0.891. The molecule has 1 aliphatic heterocycles. The maximum atomic E-state index is 13.3. The van der Waals surface area contributed by atoms with Gasteiger partial charge in [-0.25, -0.2) is 9.59 Å². The van der Waals surface area contributed by atoms with Crippen molar-refractivity contribution in [2.75, 3.05) is 33.3 Å². The lowest BCUT2D eigenvalue weighted by Gasteiger charge is -2.33. The van der Waals surface area contributed by atoms with Gasteiger partial charge in [-0.3, -0.25) is 0 Å². The smallest absolute Gasteiger partial charge is 0.361 e. The van der Waals surface area contributed by atoms with Crippen LogP contribution in [0.25, 0.3) is 0 Å². The van der Waals surface area contributed by atoms with Crippen LogP contribution in [0.5, 0.6) is 0 Å². The average Bonchev–Trinajstić information content (AvgIpc) is 3.49. The molecule has 1 saturated carbocycles. The van der Waals surface area contributed by atoms with E-state index >= 15 is 0 Å². The molecule has 1 saturated heterocycles. The highest BCUT2D eigenvalue weighted by atomic mass is 16.6. The molecule has 190 valence electrons. The van der Waals surface area contributed by atoms with Crippen LogP contribution in [-0.4, -0.2) is 60.9 Å². The fourth-order valence-electron chi connectivity index (χ4n) is 5.59. The van der Waals surface area contributed by atoms with Crippen LogP contribution >= 0.6 is 0 Å². The summed E-state index contributed by atoms with van der Waals surface area (Å²) in [6.07, 6.45) is 11.0. The summed E-state index contributed by atoms with van der Waals surface area (Å²) in [5.74, 6) is -0.855. The first-order valence-electron chi connectivity index (χ1n) is 13.4. The minimum atomic E-state index is -1.61. The van der Waals surface area contributed by atoms with Gasteiger partial charge in [0.2, 0.25) is 0 Å². The van der Waals surface area contributed by atoms with Gasteiger partial charge in [0, 0.05) is 12.3 Å². The molecule has 6 nitrogen and oxygen atoms in total. The fraction of sp³-hybridized carbons (Fsp3) is 0.714. The number of ether oxygens (including phenoxy) is 2. The molecule has 1 heterocycles. The topological polar surface area (TPSA) is 72.8 Å². The molecule has 1 N–H and O–H groups in total. The van der Waals surface area contributed by atoms with Crippen molar-refractivity contribution in [3.05, 3.63) is 35.9 Å². The maximum Gasteiger partial charge on any atom is 0.361 e. The first-order chi connectivity index (χ1) is 16.4. The summed E-state index contributed by atoms with van der Waals surface area (Å²) in [4.78, 5) is 25.7. The molecule has 1 aromatic rings. The quantitative estimate of drug-likeness (QED) is 0.254. The van der Waals surface area contributed by atoms with Crippen LogP contribution in [0.3, 0.4) is 0 Å². The van der Waals surface area contributed by atoms with Crippen LogP contribution in [0.15, 0.2) is 30.3 Å². The van der Waals surface area contributed by atoms with E-state index in [2.05, 4.69) is 6.92 Å². The van der Waals surface area contributed by atoms with Crippen LogP contribution in [0.2, 0.25) is 0 Å². The van der Waals surface area contributed by atoms with E-state index in [-0.39, 0.29) is 24.5 Å². The summed E-state index contributed by atoms with van der Waals surface area (Å²) in [5.41, 5.74) is -1.000. The predicted molar refractivity (Wildman–Crippen MR) is 132 cm³/mol. The van der Waals surface area contributed by atoms with Gasteiger partial charge in [0.1, 0.15) is 6.54 Å². The molecule has 0 bridgehead atoms. The van der Waals surface area contributed by atoms with Crippen molar-refractivity contribution in [2.45, 2.75) is 89.3 Å². The average molecular weight is 475 g/mol. The van der Waals surface area contributed by atoms with Gasteiger partial charge in [-0.15, -0.1) is 0 Å². The largest absolute Gasteiger partial charge is 0.462 e. The minimum absolute atomic E-state index is 0.123. The van der Waals surface area contributed by atoms with Crippen molar-refractivity contribution in [1.82, 2.24) is 0 Å². The highest BCUT2D eigenvalue weighted by Crippen LogP contribution is 2.42. The summed E-state index contributed by atoms with van der Waals surface area (Å²) in [6, 6.07) is 9.21. The number of nitrogens with zero attached hydrogens (tertiary/aromatic N) is 1. The monoisotopic (exact) mass is 474 g/mol. The molecule has 0 aromatic heterocycles. The SMILES string of the molecule is CCCCCCCCOC(=O)C[N+]1(C)CCC(OC(=O)C(O)(c2ccccc2)C2CCCC2)C1. The second-order valence-corrected chi connectivity index (χ2v) is 10.6. The number of likely N-dealkylation sites (tertiary alicyclic amines) is 1. The van der Waals surface area contributed by atoms with Crippen molar-refractivity contribution in [3.63, 3.8) is 0 Å². The van der Waals surface area contributed by atoms with Crippen LogP contribution in [-0.2, 0) is 24.7 Å². The van der Waals surface area contributed by atoms with E-state index in [4.69, 9.17) is 9.47 Å². The molecular weight excluding hydrogens is 430 g/mol. The Bertz CT molecular complexity index is 778. The van der Waals surface area contributed by atoms with Crippen molar-refractivity contribution in [1.29, 1.82) is 0 Å². The molecule has 0 amide bonds. The number of quaternary nitrogens is 1. The van der Waals surface area contributed by atoms with Crippen molar-refractivity contribution in [2.24, 2.45) is 5.92 Å². The standard InChI is InChI=1S/C28H44NO5/c1-3-4-5-6-7-13-20-33-26(30)22-29(2)19-18-25(21-29)34-27(31)28(32,24-16-11-12-17-24)23-14-9-8-10-15-23/h8-10,14-15,24-25,32H,3-7,11-13,16-22H2,1-2H3/q+1. The van der Waals surface area contributed by atoms with E-state index in [0.717, 1.165) is 45.1 Å². The summed E-state index contributed by atoms with van der Waals surface area (Å²) in [7, 11) is 2.01. The summed E-state index contributed by atoms with van der Waals surface area (Å²) in [5, 5.41) is 11.6. The van der Waals surface area contributed by atoms with Gasteiger partial charge >= 0.3 is 11.9 Å². The maximum absolute atomic E-state index is 13.3. The Morgan fingerprint density at radius 3 is 2.41 bits per heavy atom. The molecule has 2 aliphatic rings. The number of hydrogen-bond donors (Lipinski definition) is 1. The first kappa shape index (κ1) is 26.7. The Morgan fingerprint density at radius 1 is 1.03 bits per heavy atom. The Balaban J connectivity index is 1.49. The zero-order valence-corrected chi connectivity index (χ0v) is 21.2. The van der Waals surface area contributed by atoms with E-state index in [0.29, 0.717) is 29.6 Å². The van der Waals surface area contributed by atoms with E-state index < -0.39 is 11.6 Å². The van der Waals surface area contributed by atoms with Crippen LogP contribution in [0, 0.1) is 5.92 Å². The zero-order chi connectivity index (χ0) is 24.4. The van der Waals surface area contributed by atoms with Crippen LogP contribution in [0.1, 0.15) is 83.1 Å². The Labute approximate surface area is 205 Å². The highest BCUT2D eigenvalue weighted by Gasteiger charge is 2.50. The molecule has 3 rings (SSSR count). The molecule has 0 spiro atoms. The van der Waals surface area contributed by atoms with Gasteiger partial charge in [0.15, 0.2) is 18.2 Å². The van der Waals surface area contributed by atoms with Gasteiger partial charge in [0.05, 0.1) is 20.2 Å². The molecule has 6 heteroatoms. The lowest BCUT2D eigenvalue weighted by Crippen LogP contribution is -2.48. The van der Waals surface area contributed by atoms with E-state index in [1.807, 2.05) is 37.4 Å². The third-order valence-electron chi connectivity index (χ3n) is 7.65.